The number of alkyl carbamates (subject to hydrolysis) is 1. The van der Waals surface area contributed by atoms with Crippen molar-refractivity contribution in [2.24, 2.45) is 5.92 Å². The van der Waals surface area contributed by atoms with Crippen LogP contribution in [0.15, 0.2) is 24.3 Å². The summed E-state index contributed by atoms with van der Waals surface area (Å²) >= 11 is 0. The Bertz CT molecular complexity index is 865. The second-order valence-corrected chi connectivity index (χ2v) is 10.2. The third kappa shape index (κ3) is 9.46. The normalized spacial score (nSPS) is 13.9. The van der Waals surface area contributed by atoms with Crippen LogP contribution in [0, 0.1) is 25.3 Å². The van der Waals surface area contributed by atoms with Gasteiger partial charge in [-0.2, -0.15) is 0 Å². The highest BCUT2D eigenvalue weighted by Crippen LogP contribution is 2.24. The molecule has 188 valence electrons. The molecule has 0 fully saturated rings. The lowest BCUT2D eigenvalue weighted by Gasteiger charge is -2.31. The van der Waals surface area contributed by atoms with Gasteiger partial charge >= 0.3 is 6.09 Å². The van der Waals surface area contributed by atoms with Crippen molar-refractivity contribution in [1.29, 1.82) is 0 Å². The lowest BCUT2D eigenvalue weighted by Crippen LogP contribution is -2.52. The van der Waals surface area contributed by atoms with E-state index in [0.717, 1.165) is 23.3 Å². The van der Waals surface area contributed by atoms with E-state index in [0.29, 0.717) is 12.0 Å². The fourth-order valence-corrected chi connectivity index (χ4v) is 3.57. The zero-order chi connectivity index (χ0) is 26.1. The van der Waals surface area contributed by atoms with Crippen LogP contribution in [0.1, 0.15) is 84.9 Å². The lowest BCUT2D eigenvalue weighted by atomic mass is 9.99. The van der Waals surface area contributed by atoms with Crippen molar-refractivity contribution in [1.82, 2.24) is 15.5 Å². The zero-order valence-corrected chi connectivity index (χ0v) is 21.9. The van der Waals surface area contributed by atoms with Crippen molar-refractivity contribution in [2.45, 2.75) is 98.4 Å². The average Bonchev–Trinajstić information content (AvgIpc) is 2.70. The number of nitrogens with zero attached hydrogens (tertiary/aromatic N) is 1. The second kappa shape index (κ2) is 13.0. The Hall–Kier alpha value is -3.01. The number of ether oxygens (including phenoxy) is 1. The fourth-order valence-electron chi connectivity index (χ4n) is 3.57. The number of hydrogen-bond acceptors (Lipinski definition) is 4. The minimum atomic E-state index is -1.03. The molecule has 0 aliphatic heterocycles. The van der Waals surface area contributed by atoms with Gasteiger partial charge in [-0.05, 0) is 58.9 Å². The van der Waals surface area contributed by atoms with Gasteiger partial charge in [-0.25, -0.2) is 4.79 Å². The van der Waals surface area contributed by atoms with Crippen LogP contribution in [-0.4, -0.2) is 40.5 Å². The summed E-state index contributed by atoms with van der Waals surface area (Å²) in [5.41, 5.74) is 0.893. The number of carbonyl (C=O) groups excluding carboxylic acids is 3. The molecule has 0 bridgehead atoms. The molecule has 3 atom stereocenters. The number of hydrogen-bond donors (Lipinski definition) is 2. The van der Waals surface area contributed by atoms with Crippen LogP contribution in [0.25, 0.3) is 0 Å². The van der Waals surface area contributed by atoms with Gasteiger partial charge in [0, 0.05) is 12.1 Å². The van der Waals surface area contributed by atoms with Crippen molar-refractivity contribution in [3.05, 3.63) is 35.4 Å². The monoisotopic (exact) mass is 471 g/mol. The molecule has 1 aromatic carbocycles. The highest BCUT2D eigenvalue weighted by Gasteiger charge is 2.36. The largest absolute Gasteiger partial charge is 0.444 e. The van der Waals surface area contributed by atoms with Gasteiger partial charge in [-0.3, -0.25) is 14.5 Å². The summed E-state index contributed by atoms with van der Waals surface area (Å²) in [7, 11) is 0. The molecule has 3 amide bonds. The Morgan fingerprint density at radius 3 is 2.15 bits per heavy atom. The fraction of sp³-hybridized carbons (Fsp3) is 0.593. The number of rotatable bonds is 10. The van der Waals surface area contributed by atoms with Crippen molar-refractivity contribution in [3.8, 4) is 12.5 Å². The van der Waals surface area contributed by atoms with Gasteiger partial charge in [-0.15, -0.1) is 0 Å². The first-order valence-electron chi connectivity index (χ1n) is 11.9. The highest BCUT2D eigenvalue weighted by atomic mass is 16.6. The molecule has 0 aliphatic rings. The van der Waals surface area contributed by atoms with E-state index >= 15 is 0 Å². The van der Waals surface area contributed by atoms with Crippen LogP contribution in [0.2, 0.25) is 0 Å². The number of benzene rings is 1. The molecule has 0 aromatic heterocycles. The molecule has 0 spiro atoms. The summed E-state index contributed by atoms with van der Waals surface area (Å²) in [6.07, 6.45) is 7.13. The van der Waals surface area contributed by atoms with E-state index in [2.05, 4.69) is 16.7 Å². The van der Waals surface area contributed by atoms with E-state index in [9.17, 15) is 14.4 Å². The predicted octanol–water partition coefficient (Wildman–Crippen LogP) is 4.70. The van der Waals surface area contributed by atoms with E-state index in [1.807, 2.05) is 46.8 Å². The molecule has 0 radical (unpaired) electrons. The van der Waals surface area contributed by atoms with Crippen LogP contribution < -0.4 is 10.6 Å². The third-order valence-electron chi connectivity index (χ3n) is 5.08. The van der Waals surface area contributed by atoms with Crippen LogP contribution in [0.4, 0.5) is 4.79 Å². The van der Waals surface area contributed by atoms with Crippen LogP contribution in [-0.2, 0) is 14.3 Å². The molecule has 3 unspecified atom stereocenters. The van der Waals surface area contributed by atoms with E-state index < -0.39 is 29.7 Å². The SMILES string of the molecule is C#CN(C(=O)C(CC(C)C)NC(=O)OC(C)(C)C)C(C(=O)NC(C)CCC)c1ccc(C)cc1. The Labute approximate surface area is 205 Å². The number of terminal acetylenes is 1. The number of aryl methyl sites for hydroxylation is 1. The molecule has 7 nitrogen and oxygen atoms in total. The molecule has 0 saturated heterocycles. The maximum atomic E-state index is 13.6. The molecule has 1 aromatic rings. The number of nitrogens with one attached hydrogen (secondary N) is 2. The standard InChI is InChI=1S/C27H41N3O4/c1-10-12-20(6)28-24(31)23(21-15-13-19(5)14-16-21)30(11-2)25(32)22(17-18(3)4)29-26(33)34-27(7,8)9/h2,13-16,18,20,22-23H,10,12,17H2,1,3-9H3,(H,28,31)(H,29,33). The Kier molecular flexibility index (Phi) is 11.1. The summed E-state index contributed by atoms with van der Waals surface area (Å²) in [5.74, 6) is -0.817. The number of carbonyl (C=O) groups is 3. The first-order chi connectivity index (χ1) is 15.8. The van der Waals surface area contributed by atoms with Crippen molar-refractivity contribution >= 4 is 17.9 Å². The van der Waals surface area contributed by atoms with Gasteiger partial charge in [0.1, 0.15) is 17.7 Å². The maximum Gasteiger partial charge on any atom is 0.408 e. The van der Waals surface area contributed by atoms with Crippen molar-refractivity contribution < 1.29 is 19.1 Å². The van der Waals surface area contributed by atoms with Gasteiger partial charge in [0.15, 0.2) is 0 Å². The Morgan fingerprint density at radius 1 is 1.09 bits per heavy atom. The minimum Gasteiger partial charge on any atom is -0.444 e. The van der Waals surface area contributed by atoms with Gasteiger partial charge in [-0.1, -0.05) is 63.4 Å². The molecular weight excluding hydrogens is 430 g/mol. The summed E-state index contributed by atoms with van der Waals surface area (Å²) in [4.78, 5) is 40.5. The predicted molar refractivity (Wildman–Crippen MR) is 135 cm³/mol. The first kappa shape index (κ1) is 29.0. The van der Waals surface area contributed by atoms with Crippen LogP contribution in [0.5, 0.6) is 0 Å². The van der Waals surface area contributed by atoms with E-state index in [1.165, 1.54) is 0 Å². The lowest BCUT2D eigenvalue weighted by molar-refractivity contribution is -0.139. The van der Waals surface area contributed by atoms with Crippen molar-refractivity contribution in [2.75, 3.05) is 0 Å². The third-order valence-corrected chi connectivity index (χ3v) is 5.08. The van der Waals surface area contributed by atoms with E-state index in [-0.39, 0.29) is 17.9 Å². The zero-order valence-electron chi connectivity index (χ0n) is 21.9. The average molecular weight is 472 g/mol. The molecule has 1 rings (SSSR count). The Morgan fingerprint density at radius 2 is 1.68 bits per heavy atom. The van der Waals surface area contributed by atoms with Crippen LogP contribution >= 0.6 is 0 Å². The summed E-state index contributed by atoms with van der Waals surface area (Å²) < 4.78 is 5.35. The smallest absolute Gasteiger partial charge is 0.408 e. The summed E-state index contributed by atoms with van der Waals surface area (Å²) in [5, 5.41) is 5.63. The van der Waals surface area contributed by atoms with Gasteiger partial charge in [0.05, 0.1) is 0 Å². The molecule has 2 N–H and O–H groups in total. The molecular formula is C27H41N3O4. The van der Waals surface area contributed by atoms with Gasteiger partial charge in [0.25, 0.3) is 5.91 Å². The first-order valence-corrected chi connectivity index (χ1v) is 11.9. The van der Waals surface area contributed by atoms with Gasteiger partial charge in [0.2, 0.25) is 5.91 Å². The molecule has 34 heavy (non-hydrogen) atoms. The summed E-state index contributed by atoms with van der Waals surface area (Å²) in [6, 6.07) is 7.67. The number of amides is 3. The van der Waals surface area contributed by atoms with Crippen LogP contribution in [0.3, 0.4) is 0 Å². The molecule has 0 saturated carbocycles. The Balaban J connectivity index is 3.35. The molecule has 0 aliphatic carbocycles. The maximum absolute atomic E-state index is 13.6. The minimum absolute atomic E-state index is 0.0773. The van der Waals surface area contributed by atoms with Crippen molar-refractivity contribution in [3.63, 3.8) is 0 Å². The van der Waals surface area contributed by atoms with E-state index in [4.69, 9.17) is 11.2 Å². The topological polar surface area (TPSA) is 87.7 Å². The second-order valence-electron chi connectivity index (χ2n) is 10.2. The summed E-state index contributed by atoms with van der Waals surface area (Å²) in [6.45, 7) is 15.0. The van der Waals surface area contributed by atoms with Gasteiger partial charge < -0.3 is 15.4 Å². The molecule has 7 heteroatoms. The highest BCUT2D eigenvalue weighted by molar-refractivity contribution is 5.93. The van der Waals surface area contributed by atoms with E-state index in [1.54, 1.807) is 32.9 Å². The molecule has 0 heterocycles. The quantitative estimate of drug-likeness (QED) is 0.382.